The van der Waals surface area contributed by atoms with E-state index in [1.54, 1.807) is 19.1 Å². The first-order chi connectivity index (χ1) is 15.3. The van der Waals surface area contributed by atoms with Crippen LogP contribution in [0.5, 0.6) is 0 Å². The number of hydrogen-bond donors (Lipinski definition) is 1. The van der Waals surface area contributed by atoms with Crippen LogP contribution in [0, 0.1) is 19.7 Å². The molecule has 0 aliphatic rings. The van der Waals surface area contributed by atoms with E-state index in [2.05, 4.69) is 10.3 Å². The summed E-state index contributed by atoms with van der Waals surface area (Å²) >= 11 is 0. The highest BCUT2D eigenvalue weighted by Gasteiger charge is 2.19. The molecule has 2 aromatic heterocycles. The van der Waals surface area contributed by atoms with Gasteiger partial charge in [-0.25, -0.2) is 4.39 Å². The van der Waals surface area contributed by atoms with Crippen LogP contribution in [0.15, 0.2) is 71.9 Å². The molecule has 4 rings (SSSR count). The fourth-order valence-corrected chi connectivity index (χ4v) is 3.46. The summed E-state index contributed by atoms with van der Waals surface area (Å²) in [5.74, 6) is -1.37. The molecule has 0 saturated heterocycles. The minimum Gasteiger partial charge on any atom is -0.337 e. The summed E-state index contributed by atoms with van der Waals surface area (Å²) in [6, 6.07) is 12.9. The number of benzene rings is 2. The van der Waals surface area contributed by atoms with Gasteiger partial charge >= 0.3 is 0 Å². The second kappa shape index (κ2) is 8.55. The number of ketones is 1. The zero-order chi connectivity index (χ0) is 22.8. The zero-order valence-electron chi connectivity index (χ0n) is 17.6. The van der Waals surface area contributed by atoms with E-state index in [1.807, 2.05) is 19.1 Å². The predicted octanol–water partition coefficient (Wildman–Crippen LogP) is 4.02. The fourth-order valence-electron chi connectivity index (χ4n) is 3.46. The van der Waals surface area contributed by atoms with E-state index >= 15 is 0 Å². The van der Waals surface area contributed by atoms with E-state index in [0.717, 1.165) is 5.56 Å². The van der Waals surface area contributed by atoms with Gasteiger partial charge in [-0.1, -0.05) is 17.7 Å². The first-order valence-electron chi connectivity index (χ1n) is 9.98. The molecule has 2 aromatic carbocycles. The summed E-state index contributed by atoms with van der Waals surface area (Å²) in [7, 11) is 0. The second-order valence-electron chi connectivity index (χ2n) is 7.60. The van der Waals surface area contributed by atoms with Crippen molar-refractivity contribution in [3.63, 3.8) is 0 Å². The highest BCUT2D eigenvalue weighted by atomic mass is 19.1. The summed E-state index contributed by atoms with van der Waals surface area (Å²) in [5, 5.41) is 2.95. The van der Waals surface area contributed by atoms with Gasteiger partial charge in [0, 0.05) is 35.2 Å². The summed E-state index contributed by atoms with van der Waals surface area (Å²) < 4.78 is 15.7. The molecule has 160 valence electrons. The maximum atomic E-state index is 14.3. The molecule has 0 saturated carbocycles. The molecule has 0 radical (unpaired) electrons. The van der Waals surface area contributed by atoms with Crippen molar-refractivity contribution in [3.8, 4) is 0 Å². The lowest BCUT2D eigenvalue weighted by molar-refractivity contribution is -0.116. The molecule has 0 bridgehead atoms. The topological polar surface area (TPSA) is 81.1 Å². The molecule has 4 aromatic rings. The van der Waals surface area contributed by atoms with E-state index in [4.69, 9.17) is 0 Å². The maximum absolute atomic E-state index is 14.3. The second-order valence-corrected chi connectivity index (χ2v) is 7.60. The Morgan fingerprint density at radius 2 is 1.72 bits per heavy atom. The minimum absolute atomic E-state index is 0.0992. The Morgan fingerprint density at radius 1 is 1.03 bits per heavy atom. The number of nitrogens with zero attached hydrogens (tertiary/aromatic N) is 2. The Bertz CT molecular complexity index is 1390. The molecule has 0 unspecified atom stereocenters. The van der Waals surface area contributed by atoms with Crippen LogP contribution in [0.25, 0.3) is 10.9 Å². The van der Waals surface area contributed by atoms with Crippen LogP contribution in [-0.2, 0) is 11.3 Å². The van der Waals surface area contributed by atoms with Gasteiger partial charge in [0.1, 0.15) is 12.4 Å². The van der Waals surface area contributed by atoms with Gasteiger partial charge in [-0.2, -0.15) is 0 Å². The van der Waals surface area contributed by atoms with Crippen molar-refractivity contribution in [2.24, 2.45) is 0 Å². The molecule has 6 nitrogen and oxygen atoms in total. The standard InChI is InChI=1S/C25H20FN3O3/c1-15-3-5-18(6-4-15)28-23(30)14-29-13-20(24(31)17-7-9-27-10-8-17)25(32)19-11-16(2)21(26)12-22(19)29/h3-13H,14H2,1-2H3,(H,28,30). The largest absolute Gasteiger partial charge is 0.337 e. The van der Waals surface area contributed by atoms with E-state index < -0.39 is 17.0 Å². The molecule has 0 aliphatic heterocycles. The van der Waals surface area contributed by atoms with E-state index in [9.17, 15) is 18.8 Å². The number of amides is 1. The Hall–Kier alpha value is -4.13. The minimum atomic E-state index is -0.514. The Labute approximate surface area is 183 Å². The van der Waals surface area contributed by atoms with Gasteiger partial charge in [0.05, 0.1) is 11.1 Å². The Balaban J connectivity index is 1.79. The fraction of sp³-hybridized carbons (Fsp3) is 0.120. The van der Waals surface area contributed by atoms with Gasteiger partial charge in [0.15, 0.2) is 5.78 Å². The van der Waals surface area contributed by atoms with Gasteiger partial charge < -0.3 is 9.88 Å². The number of nitrogens with one attached hydrogen (secondary N) is 1. The third-order valence-corrected chi connectivity index (χ3v) is 5.20. The third kappa shape index (κ3) is 4.18. The number of hydrogen-bond acceptors (Lipinski definition) is 4. The van der Waals surface area contributed by atoms with Crippen LogP contribution in [0.1, 0.15) is 27.0 Å². The van der Waals surface area contributed by atoms with Crippen LogP contribution in [0.3, 0.4) is 0 Å². The maximum Gasteiger partial charge on any atom is 0.244 e. The van der Waals surface area contributed by atoms with Crippen LogP contribution >= 0.6 is 0 Å². The number of fused-ring (bicyclic) bond motifs is 1. The van der Waals surface area contributed by atoms with E-state index in [-0.39, 0.29) is 34.5 Å². The predicted molar refractivity (Wildman–Crippen MR) is 120 cm³/mol. The smallest absolute Gasteiger partial charge is 0.244 e. The third-order valence-electron chi connectivity index (χ3n) is 5.20. The van der Waals surface area contributed by atoms with Crippen molar-refractivity contribution < 1.29 is 14.0 Å². The molecule has 0 atom stereocenters. The van der Waals surface area contributed by atoms with Gasteiger partial charge in [-0.3, -0.25) is 19.4 Å². The highest BCUT2D eigenvalue weighted by Crippen LogP contribution is 2.19. The molecule has 0 aliphatic carbocycles. The number of carbonyl (C=O) groups excluding carboxylic acids is 2. The van der Waals surface area contributed by atoms with Gasteiger partial charge in [-0.05, 0) is 55.8 Å². The van der Waals surface area contributed by atoms with Crippen LogP contribution < -0.4 is 10.7 Å². The monoisotopic (exact) mass is 429 g/mol. The lowest BCUT2D eigenvalue weighted by Crippen LogP contribution is -2.24. The Kier molecular flexibility index (Phi) is 5.64. The molecule has 7 heteroatoms. The van der Waals surface area contributed by atoms with Gasteiger partial charge in [-0.15, -0.1) is 0 Å². The number of carbonyl (C=O) groups is 2. The molecule has 1 amide bonds. The molecule has 0 spiro atoms. The molecular weight excluding hydrogens is 409 g/mol. The number of aromatic nitrogens is 2. The average Bonchev–Trinajstić information content (AvgIpc) is 2.78. The van der Waals surface area contributed by atoms with Gasteiger partial charge in [0.2, 0.25) is 11.3 Å². The number of halogens is 1. The summed E-state index contributed by atoms with van der Waals surface area (Å²) in [6.07, 6.45) is 4.24. The molecular formula is C25H20FN3O3. The SMILES string of the molecule is Cc1ccc(NC(=O)Cn2cc(C(=O)c3ccncc3)c(=O)c3cc(C)c(F)cc32)cc1. The highest BCUT2D eigenvalue weighted by molar-refractivity contribution is 6.10. The van der Waals surface area contributed by atoms with Crippen molar-refractivity contribution >= 4 is 28.3 Å². The van der Waals surface area contributed by atoms with E-state index in [1.165, 1.54) is 47.4 Å². The number of aryl methyl sites for hydroxylation is 2. The van der Waals surface area contributed by atoms with Crippen LogP contribution in [0.2, 0.25) is 0 Å². The molecule has 2 heterocycles. The molecule has 0 fully saturated rings. The summed E-state index contributed by atoms with van der Waals surface area (Å²) in [5.41, 5.74) is 1.87. The van der Waals surface area contributed by atoms with Crippen molar-refractivity contribution in [1.29, 1.82) is 0 Å². The van der Waals surface area contributed by atoms with Crippen LogP contribution in [-0.4, -0.2) is 21.2 Å². The summed E-state index contributed by atoms with van der Waals surface area (Å²) in [4.78, 5) is 42.7. The van der Waals surface area contributed by atoms with Gasteiger partial charge in [0.25, 0.3) is 0 Å². The van der Waals surface area contributed by atoms with Crippen LogP contribution in [0.4, 0.5) is 10.1 Å². The first-order valence-corrected chi connectivity index (χ1v) is 9.98. The Morgan fingerprint density at radius 3 is 2.41 bits per heavy atom. The lowest BCUT2D eigenvalue weighted by Gasteiger charge is -2.14. The molecule has 1 N–H and O–H groups in total. The number of pyridine rings is 2. The number of rotatable bonds is 5. The molecule has 32 heavy (non-hydrogen) atoms. The van der Waals surface area contributed by atoms with Crippen molar-refractivity contribution in [2.75, 3.05) is 5.32 Å². The van der Waals surface area contributed by atoms with Crippen molar-refractivity contribution in [2.45, 2.75) is 20.4 Å². The van der Waals surface area contributed by atoms with Crippen molar-refractivity contribution in [3.05, 3.63) is 105 Å². The first kappa shape index (κ1) is 21.1. The summed E-state index contributed by atoms with van der Waals surface area (Å²) in [6.45, 7) is 3.28. The number of anilines is 1. The quantitative estimate of drug-likeness (QED) is 0.486. The lowest BCUT2D eigenvalue weighted by atomic mass is 10.0. The van der Waals surface area contributed by atoms with E-state index in [0.29, 0.717) is 11.3 Å². The zero-order valence-corrected chi connectivity index (χ0v) is 17.6. The van der Waals surface area contributed by atoms with Crippen molar-refractivity contribution in [1.82, 2.24) is 9.55 Å². The average molecular weight is 429 g/mol. The normalized spacial score (nSPS) is 10.8.